The Morgan fingerprint density at radius 3 is 2.27 bits per heavy atom. The number of amides is 1. The molecular formula is C23H31NO2. The van der Waals surface area contributed by atoms with Gasteiger partial charge in [-0.1, -0.05) is 39.8 Å². The Labute approximate surface area is 157 Å². The molecule has 1 amide bonds. The highest BCUT2D eigenvalue weighted by Crippen LogP contribution is 2.54. The largest absolute Gasteiger partial charge is 0.325 e. The third kappa shape index (κ3) is 2.72. The van der Waals surface area contributed by atoms with Crippen molar-refractivity contribution in [3.05, 3.63) is 41.0 Å². The lowest BCUT2D eigenvalue weighted by Crippen LogP contribution is -2.42. The zero-order valence-electron chi connectivity index (χ0n) is 16.7. The number of allylic oxidation sites excluding steroid dienone is 2. The highest BCUT2D eigenvalue weighted by molar-refractivity contribution is 6.00. The number of carbonyl (C=O) groups excluding carboxylic acids is 2. The van der Waals surface area contributed by atoms with Crippen LogP contribution in [0.2, 0.25) is 0 Å². The van der Waals surface area contributed by atoms with E-state index in [9.17, 15) is 9.59 Å². The van der Waals surface area contributed by atoms with Gasteiger partial charge in [0.15, 0.2) is 6.29 Å². The Hall–Kier alpha value is -1.90. The van der Waals surface area contributed by atoms with Gasteiger partial charge in [0.1, 0.15) is 0 Å². The lowest BCUT2D eigenvalue weighted by atomic mass is 9.68. The Balaban J connectivity index is 0.000000948. The second kappa shape index (κ2) is 6.68. The average molecular weight is 354 g/mol. The van der Waals surface area contributed by atoms with Crippen LogP contribution in [0.5, 0.6) is 0 Å². The van der Waals surface area contributed by atoms with Crippen LogP contribution in [0.15, 0.2) is 24.3 Å². The lowest BCUT2D eigenvalue weighted by molar-refractivity contribution is -0.128. The minimum atomic E-state index is -0.481. The fourth-order valence-corrected chi connectivity index (χ4v) is 4.79. The molecule has 2 bridgehead atoms. The van der Waals surface area contributed by atoms with Crippen LogP contribution >= 0.6 is 0 Å². The van der Waals surface area contributed by atoms with Crippen molar-refractivity contribution in [2.24, 2.45) is 10.8 Å². The molecule has 140 valence electrons. The predicted molar refractivity (Wildman–Crippen MR) is 107 cm³/mol. The Kier molecular flexibility index (Phi) is 4.85. The minimum Gasteiger partial charge on any atom is -0.325 e. The second-order valence-corrected chi connectivity index (χ2v) is 8.51. The number of aldehydes is 1. The van der Waals surface area contributed by atoms with Crippen molar-refractivity contribution in [1.82, 2.24) is 0 Å². The van der Waals surface area contributed by atoms with E-state index in [1.54, 1.807) is 0 Å². The SMILES string of the molecule is CC.CC1(C)C=CCC1(C)C(=O)Nc1cc2c(cc1C=O)C1CCC2C1. The average Bonchev–Trinajstić information content (AvgIpc) is 3.31. The zero-order chi connectivity index (χ0) is 19.1. The molecule has 1 aromatic rings. The summed E-state index contributed by atoms with van der Waals surface area (Å²) in [6.07, 6.45) is 9.50. The molecule has 3 heteroatoms. The minimum absolute atomic E-state index is 0.00343. The maximum atomic E-state index is 13.0. The van der Waals surface area contributed by atoms with E-state index in [4.69, 9.17) is 0 Å². The molecule has 1 N–H and O–H groups in total. The first-order valence-electron chi connectivity index (χ1n) is 9.98. The molecule has 0 radical (unpaired) electrons. The summed E-state index contributed by atoms with van der Waals surface area (Å²) in [4.78, 5) is 24.6. The predicted octanol–water partition coefficient (Wildman–Crippen LogP) is 5.82. The van der Waals surface area contributed by atoms with Crippen molar-refractivity contribution in [2.75, 3.05) is 5.32 Å². The van der Waals surface area contributed by atoms with E-state index >= 15 is 0 Å². The van der Waals surface area contributed by atoms with Gasteiger partial charge in [0.2, 0.25) is 5.91 Å². The summed E-state index contributed by atoms with van der Waals surface area (Å²) in [6, 6.07) is 4.09. The molecule has 0 saturated heterocycles. The molecule has 0 spiro atoms. The molecule has 0 heterocycles. The normalized spacial score (nSPS) is 29.7. The number of nitrogens with one attached hydrogen (secondary N) is 1. The summed E-state index contributed by atoms with van der Waals surface area (Å²) in [7, 11) is 0. The highest BCUT2D eigenvalue weighted by Gasteiger charge is 2.48. The Morgan fingerprint density at radius 1 is 1.12 bits per heavy atom. The summed E-state index contributed by atoms with van der Waals surface area (Å²) >= 11 is 0. The summed E-state index contributed by atoms with van der Waals surface area (Å²) < 4.78 is 0. The molecule has 1 saturated carbocycles. The number of fused-ring (bicyclic) bond motifs is 5. The van der Waals surface area contributed by atoms with Gasteiger partial charge in [-0.15, -0.1) is 0 Å². The van der Waals surface area contributed by atoms with E-state index < -0.39 is 5.41 Å². The number of hydrogen-bond donors (Lipinski definition) is 1. The summed E-state index contributed by atoms with van der Waals surface area (Å²) in [5.41, 5.74) is 3.31. The number of hydrogen-bond acceptors (Lipinski definition) is 2. The molecule has 4 rings (SSSR count). The zero-order valence-corrected chi connectivity index (χ0v) is 16.7. The van der Waals surface area contributed by atoms with Crippen LogP contribution in [0.1, 0.15) is 93.6 Å². The van der Waals surface area contributed by atoms with E-state index in [0.717, 1.165) is 12.7 Å². The third-order valence-corrected chi connectivity index (χ3v) is 6.93. The number of benzene rings is 1. The van der Waals surface area contributed by atoms with Crippen molar-refractivity contribution in [3.8, 4) is 0 Å². The van der Waals surface area contributed by atoms with Gasteiger partial charge in [0.05, 0.1) is 11.1 Å². The number of carbonyl (C=O) groups is 2. The molecule has 3 aliphatic rings. The first kappa shape index (κ1) is 18.9. The van der Waals surface area contributed by atoms with Gasteiger partial charge in [0, 0.05) is 5.56 Å². The van der Waals surface area contributed by atoms with Crippen LogP contribution in [0.25, 0.3) is 0 Å². The van der Waals surface area contributed by atoms with E-state index in [-0.39, 0.29) is 11.3 Å². The number of anilines is 1. The van der Waals surface area contributed by atoms with E-state index in [1.165, 1.54) is 30.4 Å². The molecule has 0 aliphatic heterocycles. The van der Waals surface area contributed by atoms with Crippen LogP contribution in [0.4, 0.5) is 5.69 Å². The smallest absolute Gasteiger partial charge is 0.231 e. The lowest BCUT2D eigenvalue weighted by Gasteiger charge is -2.36. The molecule has 0 aromatic heterocycles. The maximum Gasteiger partial charge on any atom is 0.231 e. The first-order chi connectivity index (χ1) is 12.4. The van der Waals surface area contributed by atoms with Gasteiger partial charge in [-0.3, -0.25) is 9.59 Å². The van der Waals surface area contributed by atoms with Crippen LogP contribution in [-0.2, 0) is 4.79 Å². The molecule has 3 aliphatic carbocycles. The fourth-order valence-electron chi connectivity index (χ4n) is 4.79. The van der Waals surface area contributed by atoms with Gasteiger partial charge < -0.3 is 5.32 Å². The molecule has 3 nitrogen and oxygen atoms in total. The summed E-state index contributed by atoms with van der Waals surface area (Å²) in [5, 5.41) is 3.08. The number of rotatable bonds is 3. The standard InChI is InChI=1S/C21H25NO2.C2H6/c1-20(2)7-4-8-21(20,3)19(24)22-18-11-17-14-6-5-13(9-14)16(17)10-15(18)12-23;1-2/h4,7,10-14H,5-6,8-9H2,1-3H3,(H,22,24);1-2H3. The molecule has 1 fully saturated rings. The monoisotopic (exact) mass is 353 g/mol. The van der Waals surface area contributed by atoms with Crippen molar-refractivity contribution in [3.63, 3.8) is 0 Å². The van der Waals surface area contributed by atoms with E-state index in [0.29, 0.717) is 23.1 Å². The van der Waals surface area contributed by atoms with Crippen LogP contribution in [0, 0.1) is 10.8 Å². The third-order valence-electron chi connectivity index (χ3n) is 6.93. The van der Waals surface area contributed by atoms with Gasteiger partial charge in [-0.25, -0.2) is 0 Å². The van der Waals surface area contributed by atoms with Crippen molar-refractivity contribution in [1.29, 1.82) is 0 Å². The molecule has 26 heavy (non-hydrogen) atoms. The second-order valence-electron chi connectivity index (χ2n) is 8.51. The molecule has 3 atom stereocenters. The van der Waals surface area contributed by atoms with Gasteiger partial charge in [-0.05, 0) is 73.1 Å². The van der Waals surface area contributed by atoms with Crippen LogP contribution in [-0.4, -0.2) is 12.2 Å². The maximum absolute atomic E-state index is 13.0. The molecule has 1 aromatic carbocycles. The Morgan fingerprint density at radius 2 is 1.73 bits per heavy atom. The first-order valence-corrected chi connectivity index (χ1v) is 9.98. The van der Waals surface area contributed by atoms with Gasteiger partial charge in [-0.2, -0.15) is 0 Å². The summed E-state index contributed by atoms with van der Waals surface area (Å²) in [5.74, 6) is 1.23. The van der Waals surface area contributed by atoms with Crippen molar-refractivity contribution in [2.45, 2.75) is 72.1 Å². The van der Waals surface area contributed by atoms with Crippen molar-refractivity contribution < 1.29 is 9.59 Å². The van der Waals surface area contributed by atoms with E-state index in [1.807, 2.05) is 26.8 Å². The highest BCUT2D eigenvalue weighted by atomic mass is 16.2. The van der Waals surface area contributed by atoms with Gasteiger partial charge >= 0.3 is 0 Å². The Bertz CT molecular complexity index is 762. The van der Waals surface area contributed by atoms with Crippen LogP contribution in [0.3, 0.4) is 0 Å². The molecular weight excluding hydrogens is 322 g/mol. The summed E-state index contributed by atoms with van der Waals surface area (Å²) in [6.45, 7) is 10.2. The van der Waals surface area contributed by atoms with E-state index in [2.05, 4.69) is 37.4 Å². The van der Waals surface area contributed by atoms with Gasteiger partial charge in [0.25, 0.3) is 0 Å². The molecule has 3 unspecified atom stereocenters. The van der Waals surface area contributed by atoms with Crippen LogP contribution < -0.4 is 5.32 Å². The topological polar surface area (TPSA) is 46.2 Å². The fraction of sp³-hybridized carbons (Fsp3) is 0.565. The van der Waals surface area contributed by atoms with Crippen molar-refractivity contribution >= 4 is 17.9 Å². The quantitative estimate of drug-likeness (QED) is 0.549.